The molecule has 0 radical (unpaired) electrons. The largest absolute Gasteiger partial charge is 0.382 e. The van der Waals surface area contributed by atoms with Crippen LogP contribution in [0.2, 0.25) is 0 Å². The van der Waals surface area contributed by atoms with Gasteiger partial charge in [-0.05, 0) is 38.3 Å². The molecule has 2 rings (SSSR count). The van der Waals surface area contributed by atoms with Crippen molar-refractivity contribution in [3.8, 4) is 0 Å². The highest BCUT2D eigenvalue weighted by Gasteiger charge is 2.25. The van der Waals surface area contributed by atoms with Crippen LogP contribution in [0.5, 0.6) is 0 Å². The van der Waals surface area contributed by atoms with Crippen LogP contribution in [-0.4, -0.2) is 36.0 Å². The maximum atomic E-state index is 11.2. The smallest absolute Gasteiger partial charge is 0.234 e. The van der Waals surface area contributed by atoms with Crippen LogP contribution in [0, 0.1) is 6.92 Å². The lowest BCUT2D eigenvalue weighted by atomic mass is 10.0. The molecule has 1 heterocycles. The van der Waals surface area contributed by atoms with E-state index in [1.54, 1.807) is 0 Å². The van der Waals surface area contributed by atoms with Crippen molar-refractivity contribution < 1.29 is 4.79 Å². The number of para-hydroxylation sites is 1. The number of nitrogens with zero attached hydrogens (tertiary/aromatic N) is 1. The Labute approximate surface area is 115 Å². The molecule has 104 valence electrons. The number of likely N-dealkylation sites (tertiary alicyclic amines) is 1. The third-order valence-electron chi connectivity index (χ3n) is 3.99. The number of carbonyl (C=O) groups is 1. The highest BCUT2D eigenvalue weighted by molar-refractivity contribution is 5.79. The van der Waals surface area contributed by atoms with E-state index in [-0.39, 0.29) is 11.9 Å². The normalized spacial score (nSPS) is 19.1. The third kappa shape index (κ3) is 3.47. The second kappa shape index (κ2) is 6.06. The van der Waals surface area contributed by atoms with E-state index >= 15 is 0 Å². The quantitative estimate of drug-likeness (QED) is 0.868. The first-order chi connectivity index (χ1) is 9.08. The summed E-state index contributed by atoms with van der Waals surface area (Å²) in [6.07, 6.45) is 2.10. The van der Waals surface area contributed by atoms with Crippen LogP contribution in [0.3, 0.4) is 0 Å². The van der Waals surface area contributed by atoms with Gasteiger partial charge < -0.3 is 11.1 Å². The van der Waals surface area contributed by atoms with Gasteiger partial charge in [-0.25, -0.2) is 0 Å². The molecule has 0 aliphatic carbocycles. The van der Waals surface area contributed by atoms with E-state index in [1.807, 2.05) is 6.92 Å². The van der Waals surface area contributed by atoms with Crippen LogP contribution in [0.25, 0.3) is 0 Å². The van der Waals surface area contributed by atoms with Crippen molar-refractivity contribution in [2.75, 3.05) is 18.4 Å². The number of amides is 1. The molecule has 0 unspecified atom stereocenters. The van der Waals surface area contributed by atoms with E-state index in [2.05, 4.69) is 41.4 Å². The predicted octanol–water partition coefficient (Wildman–Crippen LogP) is 1.75. The molecule has 1 aliphatic heterocycles. The average molecular weight is 261 g/mol. The maximum absolute atomic E-state index is 11.2. The van der Waals surface area contributed by atoms with Crippen molar-refractivity contribution in [2.24, 2.45) is 5.73 Å². The van der Waals surface area contributed by atoms with Crippen LogP contribution in [-0.2, 0) is 4.79 Å². The molecule has 3 N–H and O–H groups in total. The molecule has 4 heteroatoms. The summed E-state index contributed by atoms with van der Waals surface area (Å²) >= 11 is 0. The van der Waals surface area contributed by atoms with Gasteiger partial charge in [-0.1, -0.05) is 18.2 Å². The van der Waals surface area contributed by atoms with Gasteiger partial charge in [0.15, 0.2) is 0 Å². The molecule has 1 aliphatic rings. The first-order valence-corrected chi connectivity index (χ1v) is 6.93. The van der Waals surface area contributed by atoms with Crippen LogP contribution in [0.1, 0.15) is 25.3 Å². The van der Waals surface area contributed by atoms with Crippen molar-refractivity contribution in [1.29, 1.82) is 0 Å². The Morgan fingerprint density at radius 3 is 2.58 bits per heavy atom. The molecule has 4 nitrogen and oxygen atoms in total. The second-order valence-corrected chi connectivity index (χ2v) is 5.35. The molecule has 0 aromatic heterocycles. The fourth-order valence-corrected chi connectivity index (χ4v) is 2.57. The topological polar surface area (TPSA) is 58.4 Å². The zero-order valence-electron chi connectivity index (χ0n) is 11.7. The van der Waals surface area contributed by atoms with Crippen molar-refractivity contribution >= 4 is 11.6 Å². The van der Waals surface area contributed by atoms with Gasteiger partial charge in [0, 0.05) is 24.8 Å². The van der Waals surface area contributed by atoms with Gasteiger partial charge in [-0.2, -0.15) is 0 Å². The number of nitrogens with one attached hydrogen (secondary N) is 1. The van der Waals surface area contributed by atoms with Crippen LogP contribution in [0.4, 0.5) is 5.69 Å². The number of anilines is 1. The van der Waals surface area contributed by atoms with Gasteiger partial charge in [0.25, 0.3) is 0 Å². The number of benzene rings is 1. The van der Waals surface area contributed by atoms with Gasteiger partial charge in [-0.3, -0.25) is 9.69 Å². The van der Waals surface area contributed by atoms with Crippen molar-refractivity contribution in [3.63, 3.8) is 0 Å². The summed E-state index contributed by atoms with van der Waals surface area (Å²) in [7, 11) is 0. The minimum Gasteiger partial charge on any atom is -0.382 e. The Kier molecular flexibility index (Phi) is 4.43. The number of nitrogens with two attached hydrogens (primary N) is 1. The molecular weight excluding hydrogens is 238 g/mol. The van der Waals surface area contributed by atoms with Crippen LogP contribution in [0.15, 0.2) is 24.3 Å². The SMILES string of the molecule is Cc1ccccc1NC1CCN([C@H](C)C(N)=O)CC1. The van der Waals surface area contributed by atoms with Crippen molar-refractivity contribution in [1.82, 2.24) is 4.90 Å². The molecule has 19 heavy (non-hydrogen) atoms. The molecule has 1 saturated heterocycles. The first kappa shape index (κ1) is 13.9. The lowest BCUT2D eigenvalue weighted by Crippen LogP contribution is -2.48. The lowest BCUT2D eigenvalue weighted by Gasteiger charge is -2.35. The highest BCUT2D eigenvalue weighted by Crippen LogP contribution is 2.20. The number of aryl methyl sites for hydroxylation is 1. The maximum Gasteiger partial charge on any atom is 0.234 e. The summed E-state index contributed by atoms with van der Waals surface area (Å²) in [5, 5.41) is 3.59. The minimum atomic E-state index is -0.231. The predicted molar refractivity (Wildman–Crippen MR) is 78.1 cm³/mol. The number of piperidine rings is 1. The summed E-state index contributed by atoms with van der Waals surface area (Å²) in [5.41, 5.74) is 7.83. The summed E-state index contributed by atoms with van der Waals surface area (Å²) < 4.78 is 0. The molecule has 1 aromatic rings. The van der Waals surface area contributed by atoms with Gasteiger partial charge in [0.2, 0.25) is 5.91 Å². The number of hydrogen-bond acceptors (Lipinski definition) is 3. The molecular formula is C15H23N3O. The lowest BCUT2D eigenvalue weighted by molar-refractivity contribution is -0.123. The van der Waals surface area contributed by atoms with E-state index in [9.17, 15) is 4.79 Å². The average Bonchev–Trinajstić information content (AvgIpc) is 2.41. The monoisotopic (exact) mass is 261 g/mol. The number of rotatable bonds is 4. The Hall–Kier alpha value is -1.55. The van der Waals surface area contributed by atoms with E-state index in [4.69, 9.17) is 5.73 Å². The molecule has 0 bridgehead atoms. The summed E-state index contributed by atoms with van der Waals surface area (Å²) in [6, 6.07) is 8.68. The summed E-state index contributed by atoms with van der Waals surface area (Å²) in [4.78, 5) is 13.3. The zero-order chi connectivity index (χ0) is 13.8. The Morgan fingerprint density at radius 2 is 2.00 bits per heavy atom. The fraction of sp³-hybridized carbons (Fsp3) is 0.533. The zero-order valence-corrected chi connectivity index (χ0v) is 11.7. The second-order valence-electron chi connectivity index (χ2n) is 5.35. The molecule has 0 spiro atoms. The number of primary amides is 1. The Balaban J connectivity index is 1.87. The van der Waals surface area contributed by atoms with Crippen LogP contribution >= 0.6 is 0 Å². The fourth-order valence-electron chi connectivity index (χ4n) is 2.57. The number of carbonyl (C=O) groups excluding carboxylic acids is 1. The molecule has 1 atom stereocenters. The first-order valence-electron chi connectivity index (χ1n) is 6.93. The van der Waals surface area contributed by atoms with E-state index < -0.39 is 0 Å². The van der Waals surface area contributed by atoms with Gasteiger partial charge in [0.1, 0.15) is 0 Å². The molecule has 1 aromatic carbocycles. The standard InChI is InChI=1S/C15H23N3O/c1-11-5-3-4-6-14(11)17-13-7-9-18(10-8-13)12(2)15(16)19/h3-6,12-13,17H,7-10H2,1-2H3,(H2,16,19)/t12-/m1/s1. The highest BCUT2D eigenvalue weighted by atomic mass is 16.1. The van der Waals surface area contributed by atoms with Crippen molar-refractivity contribution in [2.45, 2.75) is 38.8 Å². The van der Waals surface area contributed by atoms with E-state index in [1.165, 1.54) is 11.3 Å². The van der Waals surface area contributed by atoms with Crippen LogP contribution < -0.4 is 11.1 Å². The summed E-state index contributed by atoms with van der Waals surface area (Å²) in [5.74, 6) is -0.231. The van der Waals surface area contributed by atoms with E-state index in [0.717, 1.165) is 25.9 Å². The van der Waals surface area contributed by atoms with Gasteiger partial charge in [0.05, 0.1) is 6.04 Å². The third-order valence-corrected chi connectivity index (χ3v) is 3.99. The molecule has 1 fully saturated rings. The Morgan fingerprint density at radius 1 is 1.37 bits per heavy atom. The summed E-state index contributed by atoms with van der Waals surface area (Å²) in [6.45, 7) is 5.85. The molecule has 1 amide bonds. The number of hydrogen-bond donors (Lipinski definition) is 2. The molecule has 0 saturated carbocycles. The van der Waals surface area contributed by atoms with Gasteiger partial charge in [-0.15, -0.1) is 0 Å². The van der Waals surface area contributed by atoms with E-state index in [0.29, 0.717) is 6.04 Å². The Bertz CT molecular complexity index is 439. The van der Waals surface area contributed by atoms with Gasteiger partial charge >= 0.3 is 0 Å². The minimum absolute atomic E-state index is 0.153. The van der Waals surface area contributed by atoms with Crippen molar-refractivity contribution in [3.05, 3.63) is 29.8 Å².